The predicted molar refractivity (Wildman–Crippen MR) is 123 cm³/mol. The van der Waals surface area contributed by atoms with Gasteiger partial charge in [-0.05, 0) is 68.9 Å². The second-order valence-corrected chi connectivity index (χ2v) is 9.42. The first-order valence-electron chi connectivity index (χ1n) is 11.7. The second kappa shape index (κ2) is 8.96. The fourth-order valence-electron chi connectivity index (χ4n) is 5.21. The molecule has 5 rings (SSSR count). The number of hydrogen-bond donors (Lipinski definition) is 3. The molecule has 1 aromatic carbocycles. The van der Waals surface area contributed by atoms with Crippen LogP contribution in [0.1, 0.15) is 60.5 Å². The predicted octanol–water partition coefficient (Wildman–Crippen LogP) is 3.35. The average Bonchev–Trinajstić information content (AvgIpc) is 3.49. The van der Waals surface area contributed by atoms with Gasteiger partial charge in [0, 0.05) is 30.0 Å². The van der Waals surface area contributed by atoms with Crippen LogP contribution in [0.15, 0.2) is 42.7 Å². The second-order valence-electron chi connectivity index (χ2n) is 9.42. The molecule has 0 unspecified atom stereocenters. The Balaban J connectivity index is 1.38. The molecule has 2 aliphatic rings. The van der Waals surface area contributed by atoms with Crippen LogP contribution in [0.4, 0.5) is 14.5 Å². The van der Waals surface area contributed by atoms with Gasteiger partial charge >= 0.3 is 0 Å². The van der Waals surface area contributed by atoms with E-state index in [0.29, 0.717) is 55.3 Å². The van der Waals surface area contributed by atoms with Gasteiger partial charge in [-0.15, -0.1) is 0 Å². The molecule has 0 spiro atoms. The van der Waals surface area contributed by atoms with Gasteiger partial charge in [-0.2, -0.15) is 5.10 Å². The highest BCUT2D eigenvalue weighted by atomic mass is 19.1. The van der Waals surface area contributed by atoms with Gasteiger partial charge in [-0.1, -0.05) is 0 Å². The van der Waals surface area contributed by atoms with E-state index < -0.39 is 17.2 Å². The molecule has 180 valence electrons. The molecule has 1 atom stereocenters. The molecule has 1 saturated heterocycles. The number of aromatic nitrogens is 2. The Hall–Kier alpha value is -3.04. The molecule has 3 heterocycles. The first-order chi connectivity index (χ1) is 16.4. The van der Waals surface area contributed by atoms with Gasteiger partial charge in [0.05, 0.1) is 35.5 Å². The molecule has 9 heteroatoms. The maximum Gasteiger partial charge on any atom is 0.255 e. The van der Waals surface area contributed by atoms with Crippen LogP contribution in [0.3, 0.4) is 0 Å². The zero-order valence-corrected chi connectivity index (χ0v) is 18.8. The molecule has 34 heavy (non-hydrogen) atoms. The summed E-state index contributed by atoms with van der Waals surface area (Å²) in [5.74, 6) is -1.14. The number of nitrogens with one attached hydrogen (secondary N) is 1. The highest BCUT2D eigenvalue weighted by molar-refractivity contribution is 6.01. The molecule has 1 aliphatic carbocycles. The number of halogens is 2. The maximum absolute atomic E-state index is 14.5. The van der Waals surface area contributed by atoms with Crippen LogP contribution in [0.2, 0.25) is 0 Å². The van der Waals surface area contributed by atoms with Crippen molar-refractivity contribution in [2.24, 2.45) is 0 Å². The number of aliphatic hydroxyl groups is 2. The summed E-state index contributed by atoms with van der Waals surface area (Å²) in [7, 11) is 0. The standard InChI is InChI=1S/C25H28F2N4O3/c26-16-3-4-21(27)19(12-16)22-2-1-10-30(22)18-7-11-31-23(13-18)20(14-28-31)24(33)29-17-5-8-25(34,15-32)9-6-17/h3-4,7,11-14,17,22,32,34H,1-2,5-6,8-10,15H2,(H,29,33)/t17?,22-,25?/m1/s1. The quantitative estimate of drug-likeness (QED) is 0.532. The first-order valence-corrected chi connectivity index (χ1v) is 11.7. The largest absolute Gasteiger partial charge is 0.393 e. The molecule has 1 saturated carbocycles. The Labute approximate surface area is 196 Å². The monoisotopic (exact) mass is 470 g/mol. The van der Waals surface area contributed by atoms with E-state index in [1.807, 2.05) is 17.0 Å². The third kappa shape index (κ3) is 4.25. The van der Waals surface area contributed by atoms with Gasteiger partial charge in [0.15, 0.2) is 0 Å². The van der Waals surface area contributed by atoms with Crippen LogP contribution in [0.25, 0.3) is 5.52 Å². The highest BCUT2D eigenvalue weighted by Gasteiger charge is 2.33. The first kappa shape index (κ1) is 22.7. The maximum atomic E-state index is 14.5. The van der Waals surface area contributed by atoms with E-state index in [-0.39, 0.29) is 24.6 Å². The third-order valence-corrected chi connectivity index (χ3v) is 7.20. The van der Waals surface area contributed by atoms with Crippen molar-refractivity contribution in [2.45, 2.75) is 56.2 Å². The average molecular weight is 471 g/mol. The molecule has 3 aromatic rings. The molecular weight excluding hydrogens is 442 g/mol. The lowest BCUT2D eigenvalue weighted by atomic mass is 9.83. The summed E-state index contributed by atoms with van der Waals surface area (Å²) in [5.41, 5.74) is 1.15. The molecular formula is C25H28F2N4O3. The van der Waals surface area contributed by atoms with Gasteiger partial charge in [0.2, 0.25) is 0 Å². The molecule has 3 N–H and O–H groups in total. The van der Waals surface area contributed by atoms with E-state index in [1.165, 1.54) is 12.3 Å². The van der Waals surface area contributed by atoms with Gasteiger partial charge in [-0.25, -0.2) is 13.3 Å². The van der Waals surface area contributed by atoms with Crippen LogP contribution in [0.5, 0.6) is 0 Å². The van der Waals surface area contributed by atoms with Crippen molar-refractivity contribution in [1.29, 1.82) is 0 Å². The van der Waals surface area contributed by atoms with E-state index in [4.69, 9.17) is 0 Å². The number of rotatable bonds is 5. The third-order valence-electron chi connectivity index (χ3n) is 7.20. The normalized spacial score (nSPS) is 25.1. The summed E-state index contributed by atoms with van der Waals surface area (Å²) in [6.07, 6.45) is 6.88. The zero-order chi connectivity index (χ0) is 23.9. The van der Waals surface area contributed by atoms with Crippen LogP contribution in [-0.4, -0.2) is 50.5 Å². The lowest BCUT2D eigenvalue weighted by molar-refractivity contribution is -0.0468. The number of fused-ring (bicyclic) bond motifs is 1. The number of nitrogens with zero attached hydrogens (tertiary/aromatic N) is 3. The van der Waals surface area contributed by atoms with Crippen molar-refractivity contribution in [3.05, 3.63) is 65.5 Å². The van der Waals surface area contributed by atoms with Crippen LogP contribution < -0.4 is 10.2 Å². The van der Waals surface area contributed by atoms with Crippen molar-refractivity contribution in [3.8, 4) is 0 Å². The molecule has 1 amide bonds. The Morgan fingerprint density at radius 1 is 1.18 bits per heavy atom. The molecule has 0 radical (unpaired) electrons. The summed E-state index contributed by atoms with van der Waals surface area (Å²) >= 11 is 0. The fourth-order valence-corrected chi connectivity index (χ4v) is 5.21. The summed E-state index contributed by atoms with van der Waals surface area (Å²) in [4.78, 5) is 15.1. The van der Waals surface area contributed by atoms with E-state index in [2.05, 4.69) is 10.4 Å². The number of anilines is 1. The minimum Gasteiger partial charge on any atom is -0.393 e. The number of benzene rings is 1. The lowest BCUT2D eigenvalue weighted by Crippen LogP contribution is -2.45. The molecule has 7 nitrogen and oxygen atoms in total. The van der Waals surface area contributed by atoms with Crippen molar-refractivity contribution in [1.82, 2.24) is 14.9 Å². The molecule has 0 bridgehead atoms. The topological polar surface area (TPSA) is 90.1 Å². The Kier molecular flexibility index (Phi) is 5.99. The van der Waals surface area contributed by atoms with Gasteiger partial charge in [0.1, 0.15) is 11.6 Å². The van der Waals surface area contributed by atoms with E-state index in [0.717, 1.165) is 24.2 Å². The molecule has 2 fully saturated rings. The van der Waals surface area contributed by atoms with Gasteiger partial charge < -0.3 is 20.4 Å². The number of amides is 1. The van der Waals surface area contributed by atoms with Crippen molar-refractivity contribution >= 4 is 17.1 Å². The smallest absolute Gasteiger partial charge is 0.255 e. The van der Waals surface area contributed by atoms with Crippen molar-refractivity contribution in [2.75, 3.05) is 18.1 Å². The van der Waals surface area contributed by atoms with Gasteiger partial charge in [-0.3, -0.25) is 4.79 Å². The van der Waals surface area contributed by atoms with Crippen LogP contribution in [0, 0.1) is 11.6 Å². The number of carbonyl (C=O) groups excluding carboxylic acids is 1. The minimum absolute atomic E-state index is 0.0867. The zero-order valence-electron chi connectivity index (χ0n) is 18.8. The Bertz CT molecular complexity index is 1210. The summed E-state index contributed by atoms with van der Waals surface area (Å²) in [5, 5.41) is 26.9. The van der Waals surface area contributed by atoms with E-state index in [1.54, 1.807) is 10.7 Å². The Morgan fingerprint density at radius 3 is 2.74 bits per heavy atom. The summed E-state index contributed by atoms with van der Waals surface area (Å²) in [6, 6.07) is 6.91. The number of hydrogen-bond acceptors (Lipinski definition) is 5. The molecule has 2 aromatic heterocycles. The molecule has 1 aliphatic heterocycles. The number of pyridine rings is 1. The minimum atomic E-state index is -1.06. The van der Waals surface area contributed by atoms with Crippen molar-refractivity contribution < 1.29 is 23.8 Å². The van der Waals surface area contributed by atoms with E-state index in [9.17, 15) is 23.8 Å². The van der Waals surface area contributed by atoms with Crippen LogP contribution >= 0.6 is 0 Å². The number of carbonyl (C=O) groups is 1. The fraction of sp³-hybridized carbons (Fsp3) is 0.440. The van der Waals surface area contributed by atoms with Crippen molar-refractivity contribution in [3.63, 3.8) is 0 Å². The number of aliphatic hydroxyl groups excluding tert-OH is 1. The highest BCUT2D eigenvalue weighted by Crippen LogP contribution is 2.38. The van der Waals surface area contributed by atoms with E-state index >= 15 is 0 Å². The summed E-state index contributed by atoms with van der Waals surface area (Å²) in [6.45, 7) is 0.420. The van der Waals surface area contributed by atoms with Gasteiger partial charge in [0.25, 0.3) is 5.91 Å². The lowest BCUT2D eigenvalue weighted by Gasteiger charge is -2.34. The Morgan fingerprint density at radius 2 is 1.97 bits per heavy atom. The summed E-state index contributed by atoms with van der Waals surface area (Å²) < 4.78 is 29.9. The SMILES string of the molecule is O=C(NC1CCC(O)(CO)CC1)c1cnn2ccc(N3CCC[C@@H]3c3cc(F)ccc3F)cc12. The van der Waals surface area contributed by atoms with Crippen LogP contribution in [-0.2, 0) is 0 Å².